The molecule has 0 saturated heterocycles. The molecule has 2 aromatic carbocycles. The van der Waals surface area contributed by atoms with E-state index in [0.717, 1.165) is 40.5 Å². The SMILES string of the molecule is CCN(CC)CCN(C(=O)C=Cc1ccccc1)c1nc2ccc(C)cc2s1.Cl. The summed E-state index contributed by atoms with van der Waals surface area (Å²) in [6.07, 6.45) is 3.51. The van der Waals surface area contributed by atoms with Gasteiger partial charge in [0.25, 0.3) is 5.91 Å². The maximum absolute atomic E-state index is 13.0. The van der Waals surface area contributed by atoms with Crippen LogP contribution in [0.15, 0.2) is 54.6 Å². The number of thiazole rings is 1. The number of aromatic nitrogens is 1. The van der Waals surface area contributed by atoms with Gasteiger partial charge in [-0.2, -0.15) is 0 Å². The topological polar surface area (TPSA) is 36.4 Å². The van der Waals surface area contributed by atoms with E-state index in [0.29, 0.717) is 6.54 Å². The minimum absolute atomic E-state index is 0. The van der Waals surface area contributed by atoms with Crippen LogP contribution in [0.2, 0.25) is 0 Å². The van der Waals surface area contributed by atoms with Crippen molar-refractivity contribution < 1.29 is 4.79 Å². The molecule has 0 aliphatic heterocycles. The van der Waals surface area contributed by atoms with Gasteiger partial charge in [0.1, 0.15) is 0 Å². The first-order valence-electron chi connectivity index (χ1n) is 9.75. The number of aryl methyl sites for hydroxylation is 1. The highest BCUT2D eigenvalue weighted by Crippen LogP contribution is 2.29. The summed E-state index contributed by atoms with van der Waals surface area (Å²) in [5.41, 5.74) is 3.16. The van der Waals surface area contributed by atoms with Crippen LogP contribution in [0.3, 0.4) is 0 Å². The van der Waals surface area contributed by atoms with E-state index in [4.69, 9.17) is 4.98 Å². The summed E-state index contributed by atoms with van der Waals surface area (Å²) < 4.78 is 1.11. The Morgan fingerprint density at radius 2 is 1.79 bits per heavy atom. The van der Waals surface area contributed by atoms with Gasteiger partial charge in [-0.25, -0.2) is 4.98 Å². The first kappa shape index (κ1) is 23.1. The predicted octanol–water partition coefficient (Wildman–Crippen LogP) is 5.41. The maximum Gasteiger partial charge on any atom is 0.252 e. The molecule has 0 fully saturated rings. The van der Waals surface area contributed by atoms with Crippen molar-refractivity contribution in [1.29, 1.82) is 0 Å². The molecule has 1 amide bonds. The molecular formula is C23H28ClN3OS. The van der Waals surface area contributed by atoms with E-state index >= 15 is 0 Å². The molecule has 0 spiro atoms. The summed E-state index contributed by atoms with van der Waals surface area (Å²) >= 11 is 1.58. The molecule has 0 aliphatic carbocycles. The van der Waals surface area contributed by atoms with Crippen LogP contribution >= 0.6 is 23.7 Å². The number of carbonyl (C=O) groups excluding carboxylic acids is 1. The zero-order chi connectivity index (χ0) is 19.9. The molecule has 0 atom stereocenters. The predicted molar refractivity (Wildman–Crippen MR) is 127 cm³/mol. The molecule has 0 N–H and O–H groups in total. The molecular weight excluding hydrogens is 402 g/mol. The summed E-state index contributed by atoms with van der Waals surface area (Å²) in [5.74, 6) is -0.0354. The van der Waals surface area contributed by atoms with Crippen LogP contribution in [0.4, 0.5) is 5.13 Å². The Kier molecular flexibility index (Phi) is 8.83. The molecule has 3 rings (SSSR count). The summed E-state index contributed by atoms with van der Waals surface area (Å²) in [7, 11) is 0. The van der Waals surface area contributed by atoms with E-state index in [1.807, 2.05) is 42.5 Å². The van der Waals surface area contributed by atoms with Gasteiger partial charge in [-0.15, -0.1) is 12.4 Å². The Morgan fingerprint density at radius 3 is 2.48 bits per heavy atom. The van der Waals surface area contributed by atoms with Gasteiger partial charge >= 0.3 is 0 Å². The van der Waals surface area contributed by atoms with Crippen molar-refractivity contribution in [2.75, 3.05) is 31.1 Å². The minimum atomic E-state index is -0.0354. The Balaban J connectivity index is 0.00000300. The van der Waals surface area contributed by atoms with E-state index in [1.165, 1.54) is 5.56 Å². The molecule has 3 aromatic rings. The number of hydrogen-bond donors (Lipinski definition) is 0. The zero-order valence-electron chi connectivity index (χ0n) is 17.2. The first-order chi connectivity index (χ1) is 13.6. The van der Waals surface area contributed by atoms with Gasteiger partial charge in [-0.3, -0.25) is 9.69 Å². The Bertz CT molecular complexity index is 951. The smallest absolute Gasteiger partial charge is 0.252 e. The molecule has 1 aromatic heterocycles. The van der Waals surface area contributed by atoms with E-state index in [-0.39, 0.29) is 18.3 Å². The maximum atomic E-state index is 13.0. The third-order valence-electron chi connectivity index (χ3n) is 4.78. The fourth-order valence-corrected chi connectivity index (χ4v) is 4.13. The van der Waals surface area contributed by atoms with Crippen LogP contribution in [0, 0.1) is 6.92 Å². The second kappa shape index (κ2) is 11.1. The average Bonchev–Trinajstić information content (AvgIpc) is 3.13. The van der Waals surface area contributed by atoms with E-state index < -0.39 is 0 Å². The van der Waals surface area contributed by atoms with Crippen molar-refractivity contribution in [3.8, 4) is 0 Å². The third-order valence-corrected chi connectivity index (χ3v) is 5.82. The molecule has 0 saturated carbocycles. The van der Waals surface area contributed by atoms with Gasteiger partial charge in [0, 0.05) is 19.2 Å². The second-order valence-electron chi connectivity index (χ2n) is 6.73. The minimum Gasteiger partial charge on any atom is -0.302 e. The molecule has 6 heteroatoms. The molecule has 0 unspecified atom stereocenters. The van der Waals surface area contributed by atoms with Crippen molar-refractivity contribution in [1.82, 2.24) is 9.88 Å². The number of rotatable bonds is 8. The lowest BCUT2D eigenvalue weighted by molar-refractivity contribution is -0.114. The Morgan fingerprint density at radius 1 is 1.07 bits per heavy atom. The lowest BCUT2D eigenvalue weighted by Crippen LogP contribution is -2.38. The second-order valence-corrected chi connectivity index (χ2v) is 7.74. The summed E-state index contributed by atoms with van der Waals surface area (Å²) in [5, 5.41) is 0.760. The highest BCUT2D eigenvalue weighted by molar-refractivity contribution is 7.22. The standard InChI is InChI=1S/C23H27N3OS.ClH/c1-4-25(5-2)15-16-26(22(27)14-12-19-9-7-6-8-10-19)23-24-20-13-11-18(3)17-21(20)28-23;/h6-14,17H,4-5,15-16H2,1-3H3;1H. The fraction of sp³-hybridized carbons (Fsp3) is 0.304. The van der Waals surface area contributed by atoms with Gasteiger partial charge in [0.15, 0.2) is 5.13 Å². The highest BCUT2D eigenvalue weighted by atomic mass is 35.5. The van der Waals surface area contributed by atoms with E-state index in [2.05, 4.69) is 37.8 Å². The van der Waals surface area contributed by atoms with Crippen molar-refractivity contribution >= 4 is 51.1 Å². The number of carbonyl (C=O) groups is 1. The van der Waals surface area contributed by atoms with Crippen LogP contribution < -0.4 is 4.90 Å². The number of fused-ring (bicyclic) bond motifs is 1. The molecule has 4 nitrogen and oxygen atoms in total. The van der Waals surface area contributed by atoms with Gasteiger partial charge in [0.2, 0.25) is 0 Å². The molecule has 154 valence electrons. The lowest BCUT2D eigenvalue weighted by atomic mass is 10.2. The average molecular weight is 430 g/mol. The summed E-state index contributed by atoms with van der Waals surface area (Å²) in [6, 6.07) is 16.1. The molecule has 0 bridgehead atoms. The zero-order valence-corrected chi connectivity index (χ0v) is 18.8. The van der Waals surface area contributed by atoms with Crippen molar-refractivity contribution in [3.63, 3.8) is 0 Å². The first-order valence-corrected chi connectivity index (χ1v) is 10.6. The van der Waals surface area contributed by atoms with Crippen LogP contribution in [-0.4, -0.2) is 42.0 Å². The number of hydrogen-bond acceptors (Lipinski definition) is 4. The number of likely N-dealkylation sites (N-methyl/N-ethyl adjacent to an activating group) is 1. The van der Waals surface area contributed by atoms with Gasteiger partial charge in [0.05, 0.1) is 10.2 Å². The lowest BCUT2D eigenvalue weighted by Gasteiger charge is -2.23. The summed E-state index contributed by atoms with van der Waals surface area (Å²) in [6.45, 7) is 9.75. The Hall–Kier alpha value is -2.21. The van der Waals surface area contributed by atoms with E-state index in [1.54, 1.807) is 22.3 Å². The Labute approximate surface area is 183 Å². The van der Waals surface area contributed by atoms with Crippen molar-refractivity contribution in [2.24, 2.45) is 0 Å². The number of anilines is 1. The molecule has 0 aliphatic rings. The monoisotopic (exact) mass is 429 g/mol. The number of nitrogens with zero attached hydrogens (tertiary/aromatic N) is 3. The van der Waals surface area contributed by atoms with Crippen molar-refractivity contribution in [3.05, 3.63) is 65.7 Å². The van der Waals surface area contributed by atoms with Crippen LogP contribution in [0.25, 0.3) is 16.3 Å². The van der Waals surface area contributed by atoms with Crippen molar-refractivity contribution in [2.45, 2.75) is 20.8 Å². The summed E-state index contributed by atoms with van der Waals surface area (Å²) in [4.78, 5) is 21.9. The highest BCUT2D eigenvalue weighted by Gasteiger charge is 2.18. The fourth-order valence-electron chi connectivity index (χ4n) is 3.04. The quantitative estimate of drug-likeness (QED) is 0.449. The van der Waals surface area contributed by atoms with Crippen LogP contribution in [0.1, 0.15) is 25.0 Å². The van der Waals surface area contributed by atoms with Gasteiger partial charge in [-0.05, 0) is 49.3 Å². The largest absolute Gasteiger partial charge is 0.302 e. The molecule has 1 heterocycles. The van der Waals surface area contributed by atoms with Gasteiger partial charge in [-0.1, -0.05) is 61.6 Å². The molecule has 0 radical (unpaired) electrons. The normalized spacial score (nSPS) is 11.2. The molecule has 29 heavy (non-hydrogen) atoms. The van der Waals surface area contributed by atoms with Gasteiger partial charge < -0.3 is 4.90 Å². The van der Waals surface area contributed by atoms with Crippen LogP contribution in [0.5, 0.6) is 0 Å². The third kappa shape index (κ3) is 6.13. The number of amides is 1. The van der Waals surface area contributed by atoms with E-state index in [9.17, 15) is 4.79 Å². The number of benzene rings is 2. The number of halogens is 1. The van der Waals surface area contributed by atoms with Crippen LogP contribution in [-0.2, 0) is 4.79 Å².